The predicted molar refractivity (Wildman–Crippen MR) is 87.5 cm³/mol. The summed E-state index contributed by atoms with van der Waals surface area (Å²) in [6.45, 7) is 7.79. The molecule has 1 fully saturated rings. The van der Waals surface area contributed by atoms with Crippen LogP contribution < -0.4 is 14.8 Å². The van der Waals surface area contributed by atoms with Crippen LogP contribution in [0.1, 0.15) is 45.2 Å². The summed E-state index contributed by atoms with van der Waals surface area (Å²) in [7, 11) is 3.29. The van der Waals surface area contributed by atoms with Crippen molar-refractivity contribution in [3.8, 4) is 11.5 Å². The zero-order chi connectivity index (χ0) is 15.6. The number of ether oxygens (including phenoxy) is 2. The SMILES string of the molecule is CCCNC(c1cc(OC)c(OC)cc1Cl)C1CC1(C)C. The lowest BCUT2D eigenvalue weighted by Crippen LogP contribution is -2.25. The number of hydrogen-bond donors (Lipinski definition) is 1. The van der Waals surface area contributed by atoms with Gasteiger partial charge in [0.1, 0.15) is 0 Å². The van der Waals surface area contributed by atoms with Crippen LogP contribution in [0.4, 0.5) is 0 Å². The third-order valence-corrected chi connectivity index (χ3v) is 4.77. The zero-order valence-electron chi connectivity index (χ0n) is 13.6. The van der Waals surface area contributed by atoms with Gasteiger partial charge in [0.25, 0.3) is 0 Å². The van der Waals surface area contributed by atoms with Crippen molar-refractivity contribution in [1.29, 1.82) is 0 Å². The largest absolute Gasteiger partial charge is 0.493 e. The molecule has 0 aromatic heterocycles. The molecule has 118 valence electrons. The van der Waals surface area contributed by atoms with Crippen LogP contribution in [0, 0.1) is 11.3 Å². The molecule has 0 saturated heterocycles. The van der Waals surface area contributed by atoms with Gasteiger partial charge in [-0.3, -0.25) is 0 Å². The van der Waals surface area contributed by atoms with Gasteiger partial charge in [-0.05, 0) is 42.3 Å². The second-order valence-corrected chi connectivity index (χ2v) is 6.87. The molecule has 3 nitrogen and oxygen atoms in total. The topological polar surface area (TPSA) is 30.5 Å². The van der Waals surface area contributed by atoms with Gasteiger partial charge in [-0.25, -0.2) is 0 Å². The van der Waals surface area contributed by atoms with Crippen molar-refractivity contribution >= 4 is 11.6 Å². The minimum absolute atomic E-state index is 0.271. The van der Waals surface area contributed by atoms with Gasteiger partial charge in [-0.2, -0.15) is 0 Å². The molecule has 21 heavy (non-hydrogen) atoms. The molecule has 0 bridgehead atoms. The molecule has 0 aliphatic heterocycles. The van der Waals surface area contributed by atoms with E-state index in [0.717, 1.165) is 29.3 Å². The number of benzene rings is 1. The van der Waals surface area contributed by atoms with Crippen LogP contribution in [0.3, 0.4) is 0 Å². The van der Waals surface area contributed by atoms with Gasteiger partial charge in [0.2, 0.25) is 0 Å². The molecule has 2 atom stereocenters. The fraction of sp³-hybridized carbons (Fsp3) is 0.647. The Morgan fingerprint density at radius 3 is 2.33 bits per heavy atom. The molecule has 1 aliphatic rings. The maximum absolute atomic E-state index is 6.50. The molecule has 1 aromatic rings. The Kier molecular flexibility index (Phi) is 5.05. The summed E-state index contributed by atoms with van der Waals surface area (Å²) in [5, 5.41) is 4.39. The van der Waals surface area contributed by atoms with E-state index in [1.807, 2.05) is 12.1 Å². The summed E-state index contributed by atoms with van der Waals surface area (Å²) in [6, 6.07) is 4.14. The summed E-state index contributed by atoms with van der Waals surface area (Å²) < 4.78 is 10.7. The summed E-state index contributed by atoms with van der Waals surface area (Å²) in [6.07, 6.45) is 2.33. The summed E-state index contributed by atoms with van der Waals surface area (Å²) in [5.41, 5.74) is 1.49. The first-order chi connectivity index (χ1) is 9.94. The lowest BCUT2D eigenvalue weighted by atomic mass is 9.96. The minimum Gasteiger partial charge on any atom is -0.493 e. The van der Waals surface area contributed by atoms with Crippen molar-refractivity contribution in [1.82, 2.24) is 5.32 Å². The average Bonchev–Trinajstić information content (AvgIpc) is 3.08. The summed E-state index contributed by atoms with van der Waals surface area (Å²) >= 11 is 6.50. The first-order valence-electron chi connectivity index (χ1n) is 7.59. The third-order valence-electron chi connectivity index (χ3n) is 4.44. The van der Waals surface area contributed by atoms with Crippen LogP contribution in [0.5, 0.6) is 11.5 Å². The molecule has 0 radical (unpaired) electrons. The number of hydrogen-bond acceptors (Lipinski definition) is 3. The summed E-state index contributed by atoms with van der Waals surface area (Å²) in [5.74, 6) is 2.02. The highest BCUT2D eigenvalue weighted by Gasteiger charge is 2.50. The van der Waals surface area contributed by atoms with Crippen molar-refractivity contribution in [2.24, 2.45) is 11.3 Å². The van der Waals surface area contributed by atoms with Gasteiger partial charge in [0.05, 0.1) is 14.2 Å². The molecule has 2 rings (SSSR count). The summed E-state index contributed by atoms with van der Waals surface area (Å²) in [4.78, 5) is 0. The molecule has 0 heterocycles. The van der Waals surface area contributed by atoms with Gasteiger partial charge in [0, 0.05) is 17.1 Å². The number of rotatable bonds is 7. The Balaban J connectivity index is 2.35. The number of nitrogens with one attached hydrogen (secondary N) is 1. The second-order valence-electron chi connectivity index (χ2n) is 6.46. The molecule has 1 N–H and O–H groups in total. The minimum atomic E-state index is 0.271. The van der Waals surface area contributed by atoms with Crippen LogP contribution in [0.2, 0.25) is 5.02 Å². The molecule has 0 amide bonds. The number of halogens is 1. The Morgan fingerprint density at radius 1 is 1.29 bits per heavy atom. The Labute approximate surface area is 133 Å². The fourth-order valence-corrected chi connectivity index (χ4v) is 3.23. The van der Waals surface area contributed by atoms with Crippen molar-refractivity contribution in [3.05, 3.63) is 22.7 Å². The maximum atomic E-state index is 6.50. The van der Waals surface area contributed by atoms with E-state index >= 15 is 0 Å². The molecule has 1 aromatic carbocycles. The van der Waals surface area contributed by atoms with Gasteiger partial charge < -0.3 is 14.8 Å². The van der Waals surface area contributed by atoms with E-state index in [2.05, 4.69) is 26.1 Å². The van der Waals surface area contributed by atoms with Crippen LogP contribution in [0.15, 0.2) is 12.1 Å². The highest BCUT2D eigenvalue weighted by molar-refractivity contribution is 6.31. The smallest absolute Gasteiger partial charge is 0.162 e. The third kappa shape index (κ3) is 3.46. The van der Waals surface area contributed by atoms with E-state index < -0.39 is 0 Å². The Hall–Kier alpha value is -0.930. The van der Waals surface area contributed by atoms with Crippen LogP contribution in [0.25, 0.3) is 0 Å². The predicted octanol–water partition coefficient (Wildman–Crippen LogP) is 4.44. The first-order valence-corrected chi connectivity index (χ1v) is 7.97. The molecular formula is C17H26ClNO2. The molecule has 1 aliphatic carbocycles. The van der Waals surface area contributed by atoms with E-state index in [1.165, 1.54) is 6.42 Å². The van der Waals surface area contributed by atoms with Crippen molar-refractivity contribution < 1.29 is 9.47 Å². The molecular weight excluding hydrogens is 286 g/mol. The maximum Gasteiger partial charge on any atom is 0.162 e. The highest BCUT2D eigenvalue weighted by Crippen LogP contribution is 2.58. The lowest BCUT2D eigenvalue weighted by Gasteiger charge is -2.23. The van der Waals surface area contributed by atoms with Crippen LogP contribution >= 0.6 is 11.6 Å². The van der Waals surface area contributed by atoms with E-state index in [4.69, 9.17) is 21.1 Å². The zero-order valence-corrected chi connectivity index (χ0v) is 14.4. The van der Waals surface area contributed by atoms with Crippen LogP contribution in [-0.4, -0.2) is 20.8 Å². The first kappa shape index (κ1) is 16.4. The fourth-order valence-electron chi connectivity index (χ4n) is 2.95. The molecule has 1 saturated carbocycles. The average molecular weight is 312 g/mol. The Bertz CT molecular complexity index is 502. The van der Waals surface area contributed by atoms with Crippen molar-refractivity contribution in [2.75, 3.05) is 20.8 Å². The quantitative estimate of drug-likeness (QED) is 0.807. The van der Waals surface area contributed by atoms with E-state index in [0.29, 0.717) is 17.1 Å². The van der Waals surface area contributed by atoms with Gasteiger partial charge in [-0.1, -0.05) is 32.4 Å². The molecule has 4 heteroatoms. The van der Waals surface area contributed by atoms with Crippen molar-refractivity contribution in [3.63, 3.8) is 0 Å². The standard InChI is InChI=1S/C17H26ClNO2/c1-6-7-19-16(12-10-17(12,2)3)11-8-14(20-4)15(21-5)9-13(11)18/h8-9,12,16,19H,6-7,10H2,1-5H3. The van der Waals surface area contributed by atoms with E-state index in [9.17, 15) is 0 Å². The number of methoxy groups -OCH3 is 2. The normalized spacial score (nSPS) is 21.0. The second kappa shape index (κ2) is 6.45. The highest BCUT2D eigenvalue weighted by atomic mass is 35.5. The van der Waals surface area contributed by atoms with Gasteiger partial charge >= 0.3 is 0 Å². The van der Waals surface area contributed by atoms with E-state index in [1.54, 1.807) is 14.2 Å². The lowest BCUT2D eigenvalue weighted by molar-refractivity contribution is 0.352. The van der Waals surface area contributed by atoms with Crippen molar-refractivity contribution in [2.45, 2.75) is 39.7 Å². The van der Waals surface area contributed by atoms with E-state index in [-0.39, 0.29) is 6.04 Å². The Morgan fingerprint density at radius 2 is 1.86 bits per heavy atom. The molecule has 2 unspecified atom stereocenters. The monoisotopic (exact) mass is 311 g/mol. The van der Waals surface area contributed by atoms with Gasteiger partial charge in [0.15, 0.2) is 11.5 Å². The van der Waals surface area contributed by atoms with Gasteiger partial charge in [-0.15, -0.1) is 0 Å². The molecule has 0 spiro atoms. The van der Waals surface area contributed by atoms with Crippen LogP contribution in [-0.2, 0) is 0 Å².